The Balaban J connectivity index is 2.32. The van der Waals surface area contributed by atoms with Gasteiger partial charge in [0.05, 0.1) is 0 Å². The molecule has 1 unspecified atom stereocenters. The van der Waals surface area contributed by atoms with Crippen LogP contribution in [0.1, 0.15) is 25.5 Å². The Kier molecular flexibility index (Phi) is 4.87. The minimum atomic E-state index is -0.187. The van der Waals surface area contributed by atoms with Crippen molar-refractivity contribution < 1.29 is 4.39 Å². The maximum atomic E-state index is 14.0. The van der Waals surface area contributed by atoms with E-state index < -0.39 is 0 Å². The third kappa shape index (κ3) is 3.52. The summed E-state index contributed by atoms with van der Waals surface area (Å²) in [6, 6.07) is 6.92. The molecule has 0 saturated carbocycles. The zero-order chi connectivity index (χ0) is 13.7. The maximum absolute atomic E-state index is 14.0. The molecule has 5 heteroatoms. The van der Waals surface area contributed by atoms with E-state index in [1.165, 1.54) is 24.2 Å². The van der Waals surface area contributed by atoms with Gasteiger partial charge in [-0.3, -0.25) is 0 Å². The summed E-state index contributed by atoms with van der Waals surface area (Å²) in [6.45, 7) is 4.77. The molecular formula is C14H16FN3S. The highest BCUT2D eigenvalue weighted by Crippen LogP contribution is 2.33. The smallest absolute Gasteiger partial charge is 0.129 e. The topological polar surface area (TPSA) is 37.8 Å². The first-order valence-electron chi connectivity index (χ1n) is 6.18. The van der Waals surface area contributed by atoms with Crippen molar-refractivity contribution in [1.29, 1.82) is 0 Å². The summed E-state index contributed by atoms with van der Waals surface area (Å²) >= 11 is 1.45. The molecule has 0 aliphatic rings. The van der Waals surface area contributed by atoms with Crippen molar-refractivity contribution >= 4 is 11.8 Å². The standard InChI is InChI=1S/C14H16FN3S/c1-3-17-10(2)14-11(15)5-4-6-12(14)19-13-7-8-16-9-18-13/h4-10,17H,3H2,1-2H3. The van der Waals surface area contributed by atoms with Crippen molar-refractivity contribution in [3.05, 3.63) is 48.2 Å². The number of nitrogens with zero attached hydrogens (tertiary/aromatic N) is 2. The van der Waals surface area contributed by atoms with Gasteiger partial charge in [0.2, 0.25) is 0 Å². The van der Waals surface area contributed by atoms with Crippen LogP contribution in [0.4, 0.5) is 4.39 Å². The van der Waals surface area contributed by atoms with Crippen molar-refractivity contribution in [2.24, 2.45) is 0 Å². The summed E-state index contributed by atoms with van der Waals surface area (Å²) in [5.41, 5.74) is 0.688. The fourth-order valence-electron chi connectivity index (χ4n) is 1.89. The third-order valence-electron chi connectivity index (χ3n) is 2.73. The van der Waals surface area contributed by atoms with Gasteiger partial charge >= 0.3 is 0 Å². The van der Waals surface area contributed by atoms with Gasteiger partial charge in [0.25, 0.3) is 0 Å². The van der Waals surface area contributed by atoms with Gasteiger partial charge < -0.3 is 5.32 Å². The first-order valence-corrected chi connectivity index (χ1v) is 6.99. The predicted octanol–water partition coefficient (Wildman–Crippen LogP) is 3.44. The molecule has 0 bridgehead atoms. The Labute approximate surface area is 116 Å². The van der Waals surface area contributed by atoms with Crippen LogP contribution in [-0.2, 0) is 0 Å². The molecule has 1 heterocycles. The molecule has 1 aromatic heterocycles. The van der Waals surface area contributed by atoms with E-state index in [-0.39, 0.29) is 11.9 Å². The van der Waals surface area contributed by atoms with Crippen LogP contribution in [0.25, 0.3) is 0 Å². The highest BCUT2D eigenvalue weighted by molar-refractivity contribution is 7.99. The summed E-state index contributed by atoms with van der Waals surface area (Å²) in [5, 5.41) is 4.05. The van der Waals surface area contributed by atoms with Gasteiger partial charge in [-0.2, -0.15) is 0 Å². The van der Waals surface area contributed by atoms with E-state index in [9.17, 15) is 4.39 Å². The Morgan fingerprint density at radius 1 is 1.37 bits per heavy atom. The van der Waals surface area contributed by atoms with Gasteiger partial charge in [-0.05, 0) is 31.7 Å². The van der Waals surface area contributed by atoms with Crippen LogP contribution >= 0.6 is 11.8 Å². The molecule has 1 atom stereocenters. The van der Waals surface area contributed by atoms with Gasteiger partial charge in [-0.25, -0.2) is 14.4 Å². The number of halogens is 1. The summed E-state index contributed by atoms with van der Waals surface area (Å²) in [4.78, 5) is 8.92. The van der Waals surface area contributed by atoms with Crippen molar-refractivity contribution in [1.82, 2.24) is 15.3 Å². The van der Waals surface area contributed by atoms with E-state index in [1.54, 1.807) is 12.3 Å². The highest BCUT2D eigenvalue weighted by Gasteiger charge is 2.15. The van der Waals surface area contributed by atoms with Gasteiger partial charge in [0.15, 0.2) is 0 Å². The fourth-order valence-corrected chi connectivity index (χ4v) is 2.87. The predicted molar refractivity (Wildman–Crippen MR) is 74.6 cm³/mol. The van der Waals surface area contributed by atoms with Crippen molar-refractivity contribution in [2.75, 3.05) is 6.54 Å². The number of rotatable bonds is 5. The average molecular weight is 277 g/mol. The van der Waals surface area contributed by atoms with Crippen molar-refractivity contribution in [3.63, 3.8) is 0 Å². The molecule has 0 fully saturated rings. The van der Waals surface area contributed by atoms with Crippen LogP contribution in [-0.4, -0.2) is 16.5 Å². The van der Waals surface area contributed by atoms with Crippen molar-refractivity contribution in [2.45, 2.75) is 29.8 Å². The van der Waals surface area contributed by atoms with Gasteiger partial charge in [-0.15, -0.1) is 0 Å². The maximum Gasteiger partial charge on any atom is 0.129 e. The average Bonchev–Trinajstić information content (AvgIpc) is 2.40. The molecule has 0 radical (unpaired) electrons. The third-order valence-corrected chi connectivity index (χ3v) is 3.75. The number of benzene rings is 1. The Morgan fingerprint density at radius 2 is 2.21 bits per heavy atom. The molecule has 100 valence electrons. The van der Waals surface area contributed by atoms with Crippen LogP contribution in [0.15, 0.2) is 46.7 Å². The molecule has 2 rings (SSSR count). The number of hydrogen-bond acceptors (Lipinski definition) is 4. The lowest BCUT2D eigenvalue weighted by molar-refractivity contribution is 0.531. The second-order valence-electron chi connectivity index (χ2n) is 4.08. The molecule has 2 aromatic rings. The van der Waals surface area contributed by atoms with Gasteiger partial charge in [-0.1, -0.05) is 24.8 Å². The van der Waals surface area contributed by atoms with Crippen LogP contribution in [0.3, 0.4) is 0 Å². The summed E-state index contributed by atoms with van der Waals surface area (Å²) in [5.74, 6) is -0.187. The lowest BCUT2D eigenvalue weighted by Gasteiger charge is -2.17. The number of nitrogens with one attached hydrogen (secondary N) is 1. The molecule has 0 aliphatic carbocycles. The molecule has 1 aromatic carbocycles. The Morgan fingerprint density at radius 3 is 2.89 bits per heavy atom. The highest BCUT2D eigenvalue weighted by atomic mass is 32.2. The van der Waals surface area contributed by atoms with E-state index >= 15 is 0 Å². The minimum absolute atomic E-state index is 0.0319. The second-order valence-corrected chi connectivity index (χ2v) is 5.14. The van der Waals surface area contributed by atoms with E-state index in [0.29, 0.717) is 5.56 Å². The zero-order valence-corrected chi connectivity index (χ0v) is 11.7. The molecule has 19 heavy (non-hydrogen) atoms. The Bertz CT molecular complexity index is 533. The molecule has 3 nitrogen and oxygen atoms in total. The normalized spacial score (nSPS) is 12.4. The van der Waals surface area contributed by atoms with E-state index in [2.05, 4.69) is 15.3 Å². The molecule has 1 N–H and O–H groups in total. The van der Waals surface area contributed by atoms with Crippen LogP contribution in [0, 0.1) is 5.82 Å². The summed E-state index contributed by atoms with van der Waals surface area (Å²) in [6.07, 6.45) is 3.18. The van der Waals surface area contributed by atoms with Gasteiger partial charge in [0.1, 0.15) is 17.2 Å². The number of aromatic nitrogens is 2. The first-order chi connectivity index (χ1) is 9.22. The van der Waals surface area contributed by atoms with Crippen LogP contribution in [0.5, 0.6) is 0 Å². The van der Waals surface area contributed by atoms with Crippen molar-refractivity contribution in [3.8, 4) is 0 Å². The molecule has 0 saturated heterocycles. The van der Waals surface area contributed by atoms with E-state index in [1.807, 2.05) is 26.0 Å². The van der Waals surface area contributed by atoms with E-state index in [0.717, 1.165) is 16.5 Å². The monoisotopic (exact) mass is 277 g/mol. The van der Waals surface area contributed by atoms with Crippen LogP contribution < -0.4 is 5.32 Å². The van der Waals surface area contributed by atoms with Gasteiger partial charge in [0, 0.05) is 22.7 Å². The zero-order valence-electron chi connectivity index (χ0n) is 10.9. The molecule has 0 aliphatic heterocycles. The lowest BCUT2D eigenvalue weighted by atomic mass is 10.1. The largest absolute Gasteiger partial charge is 0.310 e. The lowest BCUT2D eigenvalue weighted by Crippen LogP contribution is -2.19. The van der Waals surface area contributed by atoms with Crippen LogP contribution in [0.2, 0.25) is 0 Å². The second kappa shape index (κ2) is 6.63. The Hall–Kier alpha value is -1.46. The molecular weight excluding hydrogens is 261 g/mol. The quantitative estimate of drug-likeness (QED) is 0.850. The molecule has 0 amide bonds. The summed E-state index contributed by atoms with van der Waals surface area (Å²) < 4.78 is 14.0. The minimum Gasteiger partial charge on any atom is -0.310 e. The first kappa shape index (κ1) is 14.0. The summed E-state index contributed by atoms with van der Waals surface area (Å²) in [7, 11) is 0. The molecule has 0 spiro atoms. The fraction of sp³-hybridized carbons (Fsp3) is 0.286. The van der Waals surface area contributed by atoms with E-state index in [4.69, 9.17) is 0 Å². The number of hydrogen-bond donors (Lipinski definition) is 1. The SMILES string of the molecule is CCNC(C)c1c(F)cccc1Sc1ccncn1.